The summed E-state index contributed by atoms with van der Waals surface area (Å²) in [6.07, 6.45) is 0. The quantitative estimate of drug-likeness (QED) is 0.617. The van der Waals surface area contributed by atoms with Crippen LogP contribution in [0.25, 0.3) is 10.8 Å². The molecule has 0 unspecified atom stereocenters. The van der Waals surface area contributed by atoms with E-state index < -0.39 is 5.76 Å². The predicted molar refractivity (Wildman–Crippen MR) is 112 cm³/mol. The van der Waals surface area contributed by atoms with E-state index in [0.29, 0.717) is 31.9 Å². The average molecular weight is 445 g/mol. The van der Waals surface area contributed by atoms with E-state index in [1.165, 1.54) is 35.6 Å². The number of carbonyl (C=O) groups excluding carboxylic acids is 2. The molecule has 2 amide bonds. The van der Waals surface area contributed by atoms with Crippen LogP contribution in [0.15, 0.2) is 51.0 Å². The Labute approximate surface area is 180 Å². The van der Waals surface area contributed by atoms with Crippen molar-refractivity contribution in [3.05, 3.63) is 58.1 Å². The number of aromatic nitrogens is 2. The van der Waals surface area contributed by atoms with Crippen molar-refractivity contribution in [1.29, 1.82) is 0 Å². The van der Waals surface area contributed by atoms with Crippen LogP contribution in [-0.2, 0) is 16.1 Å². The molecule has 0 saturated carbocycles. The summed E-state index contributed by atoms with van der Waals surface area (Å²) in [6, 6.07) is 9.17. The van der Waals surface area contributed by atoms with Crippen molar-refractivity contribution in [2.75, 3.05) is 38.0 Å². The Morgan fingerprint density at radius 1 is 1.10 bits per heavy atom. The van der Waals surface area contributed by atoms with Crippen LogP contribution in [0.4, 0.5) is 10.1 Å². The number of hydrogen-bond acceptors (Lipinski definition) is 7. The van der Waals surface area contributed by atoms with Gasteiger partial charge < -0.3 is 14.6 Å². The molecule has 1 N–H and O–H groups in total. The molecule has 1 aromatic carbocycles. The molecule has 3 heterocycles. The highest BCUT2D eigenvalue weighted by Gasteiger charge is 2.24. The number of halogens is 1. The summed E-state index contributed by atoms with van der Waals surface area (Å²) in [5.74, 6) is -1.28. The van der Waals surface area contributed by atoms with Gasteiger partial charge in [0, 0.05) is 31.9 Å². The lowest BCUT2D eigenvalue weighted by atomic mass is 10.3. The second kappa shape index (κ2) is 9.23. The van der Waals surface area contributed by atoms with E-state index in [1.807, 2.05) is 16.3 Å². The summed E-state index contributed by atoms with van der Waals surface area (Å²) in [7, 11) is 0. The maximum Gasteiger partial charge on any atom is 0.437 e. The summed E-state index contributed by atoms with van der Waals surface area (Å²) in [6.45, 7) is 1.90. The van der Waals surface area contributed by atoms with Gasteiger partial charge in [-0.25, -0.2) is 9.18 Å². The molecular formula is C20H20FN5O4S. The summed E-state index contributed by atoms with van der Waals surface area (Å²) < 4.78 is 19.1. The normalized spacial score (nSPS) is 14.5. The number of nitrogens with one attached hydrogen (secondary N) is 1. The van der Waals surface area contributed by atoms with Crippen molar-refractivity contribution in [2.45, 2.75) is 6.54 Å². The number of piperazine rings is 1. The van der Waals surface area contributed by atoms with Crippen LogP contribution in [-0.4, -0.2) is 64.1 Å². The number of rotatable bonds is 6. The zero-order valence-corrected chi connectivity index (χ0v) is 17.3. The molecule has 4 rings (SSSR count). The lowest BCUT2D eigenvalue weighted by molar-refractivity contribution is -0.134. The van der Waals surface area contributed by atoms with Crippen LogP contribution in [0.2, 0.25) is 0 Å². The molecule has 0 spiro atoms. The zero-order valence-electron chi connectivity index (χ0n) is 16.5. The minimum Gasteiger partial charge on any atom is -0.387 e. The number of thiophene rings is 1. The average Bonchev–Trinajstić information content (AvgIpc) is 3.40. The second-order valence-corrected chi connectivity index (χ2v) is 7.97. The number of nitrogens with zero attached hydrogens (tertiary/aromatic N) is 4. The maximum absolute atomic E-state index is 12.9. The minimum atomic E-state index is -0.673. The first-order valence-corrected chi connectivity index (χ1v) is 10.5. The van der Waals surface area contributed by atoms with Crippen molar-refractivity contribution in [1.82, 2.24) is 19.6 Å². The molecule has 1 aliphatic heterocycles. The van der Waals surface area contributed by atoms with Crippen LogP contribution >= 0.6 is 11.3 Å². The predicted octanol–water partition coefficient (Wildman–Crippen LogP) is 1.49. The van der Waals surface area contributed by atoms with Crippen molar-refractivity contribution < 1.29 is 18.4 Å². The monoisotopic (exact) mass is 445 g/mol. The highest BCUT2D eigenvalue weighted by atomic mass is 32.1. The smallest absolute Gasteiger partial charge is 0.387 e. The number of hydrogen-bond donors (Lipinski definition) is 1. The lowest BCUT2D eigenvalue weighted by Crippen LogP contribution is -2.51. The topological polar surface area (TPSA) is 101 Å². The maximum atomic E-state index is 12.9. The van der Waals surface area contributed by atoms with Gasteiger partial charge in [0.05, 0.1) is 11.4 Å². The molecule has 3 aromatic rings. The van der Waals surface area contributed by atoms with E-state index in [9.17, 15) is 18.8 Å². The van der Waals surface area contributed by atoms with Gasteiger partial charge in [-0.1, -0.05) is 6.07 Å². The molecule has 9 nitrogen and oxygen atoms in total. The van der Waals surface area contributed by atoms with Crippen LogP contribution in [0, 0.1) is 5.82 Å². The molecule has 2 aromatic heterocycles. The lowest BCUT2D eigenvalue weighted by Gasteiger charge is -2.34. The Balaban J connectivity index is 1.26. The van der Waals surface area contributed by atoms with Crippen molar-refractivity contribution in [3.63, 3.8) is 0 Å². The third kappa shape index (κ3) is 5.25. The van der Waals surface area contributed by atoms with Crippen LogP contribution in [0.1, 0.15) is 0 Å². The van der Waals surface area contributed by atoms with Crippen molar-refractivity contribution in [3.8, 4) is 10.8 Å². The van der Waals surface area contributed by atoms with E-state index in [-0.39, 0.29) is 36.6 Å². The molecule has 0 aliphatic carbocycles. The highest BCUT2D eigenvalue weighted by Crippen LogP contribution is 2.21. The number of anilines is 1. The van der Waals surface area contributed by atoms with Crippen molar-refractivity contribution in [2.24, 2.45) is 0 Å². The van der Waals surface area contributed by atoms with Gasteiger partial charge in [0.25, 0.3) is 5.89 Å². The standard InChI is InChI=1S/C20H20FN5O4S/c21-14-3-5-15(6-4-14)22-17(27)12-24-7-9-25(10-8-24)18(28)13-26-20(29)30-19(23-26)16-2-1-11-31-16/h1-6,11H,7-10,12-13H2,(H,22,27). The fourth-order valence-corrected chi connectivity index (χ4v) is 3.87. The molecule has 11 heteroatoms. The van der Waals surface area contributed by atoms with Crippen LogP contribution in [0.3, 0.4) is 0 Å². The highest BCUT2D eigenvalue weighted by molar-refractivity contribution is 7.13. The van der Waals surface area contributed by atoms with Gasteiger partial charge >= 0.3 is 5.76 Å². The fraction of sp³-hybridized carbons (Fsp3) is 0.300. The fourth-order valence-electron chi connectivity index (χ4n) is 3.23. The minimum absolute atomic E-state index is 0.173. The third-order valence-corrected chi connectivity index (χ3v) is 5.70. The molecule has 1 fully saturated rings. The first kappa shape index (κ1) is 20.9. The van der Waals surface area contributed by atoms with Gasteiger partial charge in [0.2, 0.25) is 11.8 Å². The molecule has 0 bridgehead atoms. The SMILES string of the molecule is O=C(CN1CCN(C(=O)Cn2nc(-c3cccs3)oc2=O)CC1)Nc1ccc(F)cc1. The molecule has 1 aliphatic rings. The largest absolute Gasteiger partial charge is 0.437 e. The number of amides is 2. The molecule has 31 heavy (non-hydrogen) atoms. The Morgan fingerprint density at radius 2 is 1.84 bits per heavy atom. The van der Waals surface area contributed by atoms with E-state index in [4.69, 9.17) is 4.42 Å². The Bertz CT molecular complexity index is 1100. The van der Waals surface area contributed by atoms with E-state index in [0.717, 1.165) is 9.56 Å². The number of carbonyl (C=O) groups is 2. The summed E-state index contributed by atoms with van der Waals surface area (Å²) in [5, 5.41) is 8.67. The van der Waals surface area contributed by atoms with Gasteiger partial charge in [0.1, 0.15) is 12.4 Å². The molecular weight excluding hydrogens is 425 g/mol. The molecule has 0 atom stereocenters. The summed E-state index contributed by atoms with van der Waals surface area (Å²) in [4.78, 5) is 41.0. The van der Waals surface area contributed by atoms with E-state index in [1.54, 1.807) is 11.0 Å². The number of benzene rings is 1. The van der Waals surface area contributed by atoms with E-state index in [2.05, 4.69) is 10.4 Å². The Kier molecular flexibility index (Phi) is 6.23. The second-order valence-electron chi connectivity index (χ2n) is 7.02. The van der Waals surface area contributed by atoms with Gasteiger partial charge in [-0.05, 0) is 35.7 Å². The van der Waals surface area contributed by atoms with Gasteiger partial charge in [-0.15, -0.1) is 16.4 Å². The molecule has 0 radical (unpaired) electrons. The van der Waals surface area contributed by atoms with Gasteiger partial charge in [0.15, 0.2) is 0 Å². The summed E-state index contributed by atoms with van der Waals surface area (Å²) in [5.41, 5.74) is 0.528. The van der Waals surface area contributed by atoms with Gasteiger partial charge in [-0.2, -0.15) is 4.68 Å². The van der Waals surface area contributed by atoms with E-state index >= 15 is 0 Å². The third-order valence-electron chi connectivity index (χ3n) is 4.84. The molecule has 162 valence electrons. The first-order chi connectivity index (χ1) is 15.0. The summed E-state index contributed by atoms with van der Waals surface area (Å²) >= 11 is 1.39. The molecule has 1 saturated heterocycles. The van der Waals surface area contributed by atoms with Crippen LogP contribution < -0.4 is 11.1 Å². The Hall–Kier alpha value is -3.31. The zero-order chi connectivity index (χ0) is 21.8. The Morgan fingerprint density at radius 3 is 2.52 bits per heavy atom. The van der Waals surface area contributed by atoms with Gasteiger partial charge in [-0.3, -0.25) is 14.5 Å². The first-order valence-electron chi connectivity index (χ1n) is 9.65. The van der Waals surface area contributed by atoms with Crippen LogP contribution in [0.5, 0.6) is 0 Å². The van der Waals surface area contributed by atoms with Crippen molar-refractivity contribution >= 4 is 28.8 Å².